The molecule has 0 aliphatic heterocycles. The van der Waals surface area contributed by atoms with E-state index in [1.165, 1.54) is 0 Å². The summed E-state index contributed by atoms with van der Waals surface area (Å²) in [6, 6.07) is 8.65. The molecule has 1 aromatic rings. The highest BCUT2D eigenvalue weighted by Crippen LogP contribution is 2.16. The van der Waals surface area contributed by atoms with Gasteiger partial charge in [-0.1, -0.05) is 44.9 Å². The van der Waals surface area contributed by atoms with Crippen molar-refractivity contribution in [3.63, 3.8) is 0 Å². The third-order valence-corrected chi connectivity index (χ3v) is 2.83. The number of hydrogen-bond donors (Lipinski definition) is 0. The predicted molar refractivity (Wildman–Crippen MR) is 81.4 cm³/mol. The fourth-order valence-corrected chi connectivity index (χ4v) is 1.60. The molecule has 0 unspecified atom stereocenters. The molecule has 21 heavy (non-hydrogen) atoms. The first-order valence-electron chi connectivity index (χ1n) is 7.39. The van der Waals surface area contributed by atoms with Gasteiger partial charge in [-0.25, -0.2) is 9.59 Å². The molecule has 1 aromatic carbocycles. The zero-order valence-corrected chi connectivity index (χ0v) is 12.7. The van der Waals surface area contributed by atoms with Crippen LogP contribution in [0.2, 0.25) is 0 Å². The third-order valence-electron chi connectivity index (χ3n) is 2.83. The molecule has 0 spiro atoms. The largest absolute Gasteiger partial charge is 0.449 e. The second-order valence-electron chi connectivity index (χ2n) is 4.61. The molecule has 0 heterocycles. The molecule has 0 aliphatic carbocycles. The zero-order valence-electron chi connectivity index (χ0n) is 12.7. The minimum absolute atomic E-state index is 0.293. The third kappa shape index (κ3) is 5.85. The van der Waals surface area contributed by atoms with Crippen molar-refractivity contribution in [2.45, 2.75) is 39.5 Å². The predicted octanol–water partition coefficient (Wildman–Crippen LogP) is 4.37. The maximum absolute atomic E-state index is 12.1. The van der Waals surface area contributed by atoms with Gasteiger partial charge in [0.15, 0.2) is 0 Å². The van der Waals surface area contributed by atoms with Gasteiger partial charge in [-0.15, -0.1) is 0 Å². The number of unbranched alkanes of at least 4 members (excludes halogenated alkanes) is 2. The van der Waals surface area contributed by atoms with E-state index in [0.717, 1.165) is 30.6 Å². The Labute approximate surface area is 125 Å². The number of benzene rings is 1. The smallest absolute Gasteiger partial charge is 0.424 e. The number of ether oxygens (including phenoxy) is 2. The summed E-state index contributed by atoms with van der Waals surface area (Å²) < 4.78 is 10.2. The molecule has 1 rings (SSSR count). The highest BCUT2D eigenvalue weighted by molar-refractivity contribution is 6.09. The maximum Gasteiger partial charge on any atom is 0.424 e. The standard InChI is InChI=1S/C16H23NO4/c1-3-5-12-20-15(18)17(14-10-8-7-9-11-14)16(19)21-13-6-4-2/h7-11H,3-6,12-13H2,1-2H3. The summed E-state index contributed by atoms with van der Waals surface area (Å²) in [5, 5.41) is 0. The van der Waals surface area contributed by atoms with E-state index < -0.39 is 12.2 Å². The molecule has 0 N–H and O–H groups in total. The minimum Gasteiger partial charge on any atom is -0.449 e. The number of para-hydroxylation sites is 1. The minimum atomic E-state index is -0.698. The number of anilines is 1. The van der Waals surface area contributed by atoms with Crippen LogP contribution in [0.5, 0.6) is 0 Å². The van der Waals surface area contributed by atoms with Crippen LogP contribution in [0.1, 0.15) is 39.5 Å². The van der Waals surface area contributed by atoms with Gasteiger partial charge in [0, 0.05) is 0 Å². The van der Waals surface area contributed by atoms with Crippen molar-refractivity contribution in [1.29, 1.82) is 0 Å². The van der Waals surface area contributed by atoms with Gasteiger partial charge in [-0.2, -0.15) is 4.90 Å². The number of rotatable bonds is 7. The summed E-state index contributed by atoms with van der Waals surface area (Å²) in [5.74, 6) is 0. The van der Waals surface area contributed by atoms with Gasteiger partial charge < -0.3 is 9.47 Å². The van der Waals surface area contributed by atoms with Crippen molar-refractivity contribution >= 4 is 17.9 Å². The van der Waals surface area contributed by atoms with Gasteiger partial charge in [0.05, 0.1) is 18.9 Å². The molecule has 5 heteroatoms. The molecule has 0 aliphatic rings. The Kier molecular flexibility index (Phi) is 7.94. The van der Waals surface area contributed by atoms with Crippen molar-refractivity contribution in [1.82, 2.24) is 0 Å². The van der Waals surface area contributed by atoms with Crippen LogP contribution in [0.4, 0.5) is 15.3 Å². The van der Waals surface area contributed by atoms with Crippen molar-refractivity contribution in [2.24, 2.45) is 0 Å². The van der Waals surface area contributed by atoms with Crippen molar-refractivity contribution in [2.75, 3.05) is 18.1 Å². The fraction of sp³-hybridized carbons (Fsp3) is 0.500. The monoisotopic (exact) mass is 293 g/mol. The Balaban J connectivity index is 2.75. The zero-order chi connectivity index (χ0) is 15.5. The van der Waals surface area contributed by atoms with Gasteiger partial charge >= 0.3 is 12.2 Å². The topological polar surface area (TPSA) is 55.8 Å². The van der Waals surface area contributed by atoms with Crippen LogP contribution in [-0.2, 0) is 9.47 Å². The van der Waals surface area contributed by atoms with Crippen LogP contribution in [0, 0.1) is 0 Å². The summed E-state index contributed by atoms with van der Waals surface area (Å²) in [7, 11) is 0. The van der Waals surface area contributed by atoms with Crippen LogP contribution in [0.3, 0.4) is 0 Å². The number of amides is 2. The summed E-state index contributed by atoms with van der Waals surface area (Å²) in [4.78, 5) is 25.1. The molecule has 0 saturated carbocycles. The molecule has 0 bridgehead atoms. The molecule has 0 saturated heterocycles. The number of nitrogens with zero attached hydrogens (tertiary/aromatic N) is 1. The Hall–Kier alpha value is -2.04. The number of imide groups is 1. The van der Waals surface area contributed by atoms with Gasteiger partial charge in [0.1, 0.15) is 0 Å². The quantitative estimate of drug-likeness (QED) is 0.701. The second-order valence-corrected chi connectivity index (χ2v) is 4.61. The van der Waals surface area contributed by atoms with E-state index in [1.807, 2.05) is 19.9 Å². The average Bonchev–Trinajstić information content (AvgIpc) is 2.49. The van der Waals surface area contributed by atoms with Gasteiger partial charge in [0.2, 0.25) is 0 Å². The van der Waals surface area contributed by atoms with Gasteiger partial charge in [0.25, 0.3) is 0 Å². The highest BCUT2D eigenvalue weighted by atomic mass is 16.6. The second kappa shape index (κ2) is 9.80. The van der Waals surface area contributed by atoms with Crippen LogP contribution >= 0.6 is 0 Å². The van der Waals surface area contributed by atoms with Crippen molar-refractivity contribution in [3.05, 3.63) is 30.3 Å². The Morgan fingerprint density at radius 3 is 1.81 bits per heavy atom. The molecule has 5 nitrogen and oxygen atoms in total. The van der Waals surface area contributed by atoms with E-state index >= 15 is 0 Å². The van der Waals surface area contributed by atoms with E-state index in [1.54, 1.807) is 24.3 Å². The van der Waals surface area contributed by atoms with Crippen LogP contribution in [0.15, 0.2) is 30.3 Å². The molecule has 0 atom stereocenters. The van der Waals surface area contributed by atoms with E-state index in [4.69, 9.17) is 9.47 Å². The van der Waals surface area contributed by atoms with Crippen molar-refractivity contribution in [3.8, 4) is 0 Å². The Bertz CT molecular complexity index is 411. The van der Waals surface area contributed by atoms with E-state index in [9.17, 15) is 9.59 Å². The normalized spacial score (nSPS) is 10.0. The SMILES string of the molecule is CCCCOC(=O)N(C(=O)OCCCC)c1ccccc1. The van der Waals surface area contributed by atoms with Crippen LogP contribution in [0.25, 0.3) is 0 Å². The summed E-state index contributed by atoms with van der Waals surface area (Å²) >= 11 is 0. The fourth-order valence-electron chi connectivity index (χ4n) is 1.60. The van der Waals surface area contributed by atoms with Crippen LogP contribution in [-0.4, -0.2) is 25.4 Å². The number of carbonyl (C=O) groups is 2. The van der Waals surface area contributed by atoms with Gasteiger partial charge in [-0.3, -0.25) is 0 Å². The highest BCUT2D eigenvalue weighted by Gasteiger charge is 2.26. The lowest BCUT2D eigenvalue weighted by Gasteiger charge is -2.19. The molecular formula is C16H23NO4. The Morgan fingerprint density at radius 2 is 1.38 bits per heavy atom. The molecule has 0 radical (unpaired) electrons. The van der Waals surface area contributed by atoms with Crippen LogP contribution < -0.4 is 4.90 Å². The molecule has 116 valence electrons. The molecule has 2 amide bonds. The first-order chi connectivity index (χ1) is 10.2. The lowest BCUT2D eigenvalue weighted by Crippen LogP contribution is -2.38. The summed E-state index contributed by atoms with van der Waals surface area (Å²) in [5.41, 5.74) is 0.445. The number of carbonyl (C=O) groups excluding carboxylic acids is 2. The summed E-state index contributed by atoms with van der Waals surface area (Å²) in [6.07, 6.45) is 1.96. The lowest BCUT2D eigenvalue weighted by atomic mass is 10.3. The molecule has 0 aromatic heterocycles. The molecular weight excluding hydrogens is 270 g/mol. The van der Waals surface area contributed by atoms with E-state index in [2.05, 4.69) is 0 Å². The first-order valence-corrected chi connectivity index (χ1v) is 7.39. The summed E-state index contributed by atoms with van der Waals surface area (Å²) in [6.45, 7) is 4.59. The maximum atomic E-state index is 12.1. The van der Waals surface area contributed by atoms with E-state index in [-0.39, 0.29) is 0 Å². The molecule has 0 fully saturated rings. The van der Waals surface area contributed by atoms with Gasteiger partial charge in [-0.05, 0) is 25.0 Å². The van der Waals surface area contributed by atoms with Crippen molar-refractivity contribution < 1.29 is 19.1 Å². The lowest BCUT2D eigenvalue weighted by molar-refractivity contribution is 0.133. The number of hydrogen-bond acceptors (Lipinski definition) is 4. The average molecular weight is 293 g/mol. The van der Waals surface area contributed by atoms with E-state index in [0.29, 0.717) is 18.9 Å². The Morgan fingerprint density at radius 1 is 0.905 bits per heavy atom. The first kappa shape index (κ1) is 17.0.